The average molecular weight is 503 g/mol. The molecule has 1 saturated heterocycles. The van der Waals surface area contributed by atoms with Crippen LogP contribution in [-0.2, 0) is 10.9 Å². The number of amides is 1. The molecule has 4 rings (SSSR count). The topological polar surface area (TPSA) is 110 Å². The second-order valence-electron chi connectivity index (χ2n) is 7.96. The van der Waals surface area contributed by atoms with E-state index in [1.54, 1.807) is 19.1 Å². The Bertz CT molecular complexity index is 1230. The monoisotopic (exact) mass is 503 g/mol. The van der Waals surface area contributed by atoms with Gasteiger partial charge in [-0.25, -0.2) is 0 Å². The minimum atomic E-state index is -4.66. The average Bonchev–Trinajstić information content (AvgIpc) is 2.88. The first-order valence-corrected chi connectivity index (χ1v) is 11.1. The van der Waals surface area contributed by atoms with Gasteiger partial charge in [0.2, 0.25) is 5.88 Å². The summed E-state index contributed by atoms with van der Waals surface area (Å²) >= 11 is 0. The molecule has 1 fully saturated rings. The second kappa shape index (κ2) is 10.9. The van der Waals surface area contributed by atoms with Crippen molar-refractivity contribution in [3.63, 3.8) is 0 Å². The Morgan fingerprint density at radius 2 is 1.97 bits per heavy atom. The number of nitrogens with zero attached hydrogens (tertiary/aromatic N) is 4. The molecule has 4 heterocycles. The lowest BCUT2D eigenvalue weighted by Gasteiger charge is -2.28. The molecule has 0 spiro atoms. The molecular weight excluding hydrogens is 479 g/mol. The largest absolute Gasteiger partial charge is 0.475 e. The van der Waals surface area contributed by atoms with Gasteiger partial charge in [0.05, 0.1) is 31.7 Å². The summed E-state index contributed by atoms with van der Waals surface area (Å²) < 4.78 is 49.9. The fourth-order valence-electron chi connectivity index (χ4n) is 3.65. The molecule has 0 unspecified atom stereocenters. The predicted octanol–water partition coefficient (Wildman–Crippen LogP) is 3.33. The minimum absolute atomic E-state index is 0.0676. The van der Waals surface area contributed by atoms with Crippen molar-refractivity contribution in [3.8, 4) is 17.0 Å². The predicted molar refractivity (Wildman–Crippen MR) is 125 cm³/mol. The summed E-state index contributed by atoms with van der Waals surface area (Å²) in [4.78, 5) is 26.9. The Labute approximate surface area is 204 Å². The van der Waals surface area contributed by atoms with Gasteiger partial charge >= 0.3 is 6.18 Å². The number of hydrogen-bond acceptors (Lipinski definition) is 8. The van der Waals surface area contributed by atoms with E-state index in [1.165, 1.54) is 12.3 Å². The van der Waals surface area contributed by atoms with Crippen LogP contribution in [0.5, 0.6) is 5.88 Å². The van der Waals surface area contributed by atoms with E-state index >= 15 is 0 Å². The van der Waals surface area contributed by atoms with Crippen molar-refractivity contribution < 1.29 is 32.5 Å². The summed E-state index contributed by atoms with van der Waals surface area (Å²) in [5.74, 6) is 0.248. The Morgan fingerprint density at radius 3 is 2.69 bits per heavy atom. The Kier molecular flexibility index (Phi) is 7.65. The Balaban J connectivity index is 1.64. The number of carbonyl (C=O) groups is 1. The van der Waals surface area contributed by atoms with Gasteiger partial charge < -0.3 is 24.8 Å². The zero-order chi connectivity index (χ0) is 25.7. The first-order chi connectivity index (χ1) is 17.2. The summed E-state index contributed by atoms with van der Waals surface area (Å²) in [6.45, 7) is 4.11. The third-order valence-corrected chi connectivity index (χ3v) is 5.43. The maximum atomic E-state index is 13.0. The maximum Gasteiger partial charge on any atom is 0.433 e. The van der Waals surface area contributed by atoms with Gasteiger partial charge in [-0.15, -0.1) is 0 Å². The van der Waals surface area contributed by atoms with Crippen molar-refractivity contribution in [1.29, 1.82) is 0 Å². The van der Waals surface area contributed by atoms with Crippen LogP contribution in [0, 0.1) is 6.92 Å². The van der Waals surface area contributed by atoms with Crippen LogP contribution >= 0.6 is 0 Å². The van der Waals surface area contributed by atoms with E-state index in [1.807, 2.05) is 6.07 Å². The van der Waals surface area contributed by atoms with E-state index in [0.717, 1.165) is 6.20 Å². The van der Waals surface area contributed by atoms with Gasteiger partial charge in [-0.3, -0.25) is 14.8 Å². The van der Waals surface area contributed by atoms with Crippen molar-refractivity contribution in [2.24, 2.45) is 0 Å². The highest BCUT2D eigenvalue weighted by atomic mass is 19.4. The molecule has 2 N–H and O–H groups in total. The molecule has 1 amide bonds. The molecule has 36 heavy (non-hydrogen) atoms. The third-order valence-electron chi connectivity index (χ3n) is 5.43. The molecule has 190 valence electrons. The molecule has 3 aromatic heterocycles. The minimum Gasteiger partial charge on any atom is -0.475 e. The van der Waals surface area contributed by atoms with Crippen LogP contribution in [-0.4, -0.2) is 65.5 Å². The number of pyridine rings is 3. The van der Waals surface area contributed by atoms with Gasteiger partial charge in [0.25, 0.3) is 5.91 Å². The molecule has 12 heteroatoms. The zero-order valence-electron chi connectivity index (χ0n) is 19.4. The van der Waals surface area contributed by atoms with Gasteiger partial charge in [0.1, 0.15) is 18.1 Å². The molecule has 0 aromatic carbocycles. The van der Waals surface area contributed by atoms with Crippen LogP contribution in [0.4, 0.5) is 24.7 Å². The number of nitrogens with one attached hydrogen (secondary N) is 1. The van der Waals surface area contributed by atoms with Crippen LogP contribution in [0.1, 0.15) is 21.7 Å². The van der Waals surface area contributed by atoms with Crippen molar-refractivity contribution in [2.75, 3.05) is 49.7 Å². The lowest BCUT2D eigenvalue weighted by molar-refractivity contribution is -0.141. The highest BCUT2D eigenvalue weighted by Crippen LogP contribution is 2.32. The summed E-state index contributed by atoms with van der Waals surface area (Å²) in [6.07, 6.45) is -2.30. The second-order valence-corrected chi connectivity index (χ2v) is 7.96. The zero-order valence-corrected chi connectivity index (χ0v) is 19.4. The van der Waals surface area contributed by atoms with Crippen LogP contribution < -0.4 is 15.0 Å². The fourth-order valence-corrected chi connectivity index (χ4v) is 3.65. The number of halogens is 3. The fraction of sp³-hybridized carbons (Fsp3) is 0.333. The molecule has 0 aliphatic carbocycles. The lowest BCUT2D eigenvalue weighted by Crippen LogP contribution is -2.36. The van der Waals surface area contributed by atoms with E-state index in [4.69, 9.17) is 14.6 Å². The molecule has 0 saturated carbocycles. The Morgan fingerprint density at radius 1 is 1.19 bits per heavy atom. The van der Waals surface area contributed by atoms with Crippen LogP contribution in [0.2, 0.25) is 0 Å². The number of alkyl halides is 3. The van der Waals surface area contributed by atoms with Gasteiger partial charge in [0.15, 0.2) is 0 Å². The van der Waals surface area contributed by atoms with E-state index < -0.39 is 17.8 Å². The number of rotatable bonds is 7. The molecular formula is C24H24F3N5O4. The standard InChI is InChI=1S/C24H24F3N5O4/c1-15-19(17-11-21(32-4-7-35-8-5-32)31-22(12-17)36-9-6-33)13-18(14-29-15)30-23(34)16-2-3-28-20(10-16)24(25,26)27/h2-3,10-14,33H,4-9H2,1H3,(H,30,34). The maximum absolute atomic E-state index is 13.0. The van der Waals surface area contributed by atoms with Gasteiger partial charge in [-0.05, 0) is 36.8 Å². The first kappa shape index (κ1) is 25.3. The van der Waals surface area contributed by atoms with Crippen LogP contribution in [0.15, 0.2) is 42.7 Å². The lowest BCUT2D eigenvalue weighted by atomic mass is 10.0. The quantitative estimate of drug-likeness (QED) is 0.506. The Hall–Kier alpha value is -3.77. The molecule has 1 aliphatic heterocycles. The number of morpholine rings is 1. The smallest absolute Gasteiger partial charge is 0.433 e. The van der Waals surface area contributed by atoms with Crippen LogP contribution in [0.3, 0.4) is 0 Å². The number of aliphatic hydroxyl groups excluding tert-OH is 1. The van der Waals surface area contributed by atoms with Gasteiger partial charge in [-0.1, -0.05) is 0 Å². The highest BCUT2D eigenvalue weighted by molar-refractivity contribution is 6.04. The van der Waals surface area contributed by atoms with Crippen molar-refractivity contribution in [3.05, 3.63) is 59.7 Å². The molecule has 3 aromatic rings. The normalized spacial score (nSPS) is 14.0. The SMILES string of the molecule is Cc1ncc(NC(=O)c2ccnc(C(F)(F)F)c2)cc1-c1cc(OCCO)nc(N2CCOCC2)c1. The number of aliphatic hydroxyl groups is 1. The number of aromatic nitrogens is 3. The number of hydrogen-bond donors (Lipinski definition) is 2. The summed E-state index contributed by atoms with van der Waals surface area (Å²) in [7, 11) is 0. The first-order valence-electron chi connectivity index (χ1n) is 11.1. The van der Waals surface area contributed by atoms with E-state index in [0.29, 0.717) is 66.6 Å². The van der Waals surface area contributed by atoms with Gasteiger partial charge in [-0.2, -0.15) is 18.2 Å². The number of aryl methyl sites for hydroxylation is 1. The van der Waals surface area contributed by atoms with Gasteiger partial charge in [0, 0.05) is 42.2 Å². The molecule has 0 radical (unpaired) electrons. The highest BCUT2D eigenvalue weighted by Gasteiger charge is 2.33. The van der Waals surface area contributed by atoms with Crippen molar-refractivity contribution in [2.45, 2.75) is 13.1 Å². The number of carbonyl (C=O) groups excluding carboxylic acids is 1. The molecule has 1 aliphatic rings. The van der Waals surface area contributed by atoms with E-state index in [9.17, 15) is 18.0 Å². The van der Waals surface area contributed by atoms with Crippen LogP contribution in [0.25, 0.3) is 11.1 Å². The number of ether oxygens (including phenoxy) is 2. The summed E-state index contributed by atoms with van der Waals surface area (Å²) in [5, 5.41) is 11.8. The van der Waals surface area contributed by atoms with E-state index in [2.05, 4.69) is 25.2 Å². The summed E-state index contributed by atoms with van der Waals surface area (Å²) in [6, 6.07) is 7.15. The molecule has 0 atom stereocenters. The van der Waals surface area contributed by atoms with Crippen molar-refractivity contribution >= 4 is 17.4 Å². The molecule has 9 nitrogen and oxygen atoms in total. The summed E-state index contributed by atoms with van der Waals surface area (Å²) in [5.41, 5.74) is 1.00. The number of anilines is 2. The molecule has 0 bridgehead atoms. The van der Waals surface area contributed by atoms with Crippen molar-refractivity contribution in [1.82, 2.24) is 15.0 Å². The third kappa shape index (κ3) is 6.07. The van der Waals surface area contributed by atoms with E-state index in [-0.39, 0.29) is 18.8 Å².